The number of aryl methyl sites for hydroxylation is 1. The second-order valence-electron chi connectivity index (χ2n) is 7.35. The zero-order chi connectivity index (χ0) is 19.9. The lowest BCUT2D eigenvalue weighted by Crippen LogP contribution is -2.41. The molecule has 2 rings (SSSR count). The Morgan fingerprint density at radius 1 is 1.19 bits per heavy atom. The minimum atomic E-state index is -0.0852. The Morgan fingerprint density at radius 2 is 1.93 bits per heavy atom. The van der Waals surface area contributed by atoms with Crippen LogP contribution in [0, 0.1) is 6.92 Å². The van der Waals surface area contributed by atoms with Gasteiger partial charge in [-0.05, 0) is 19.1 Å². The first-order chi connectivity index (χ1) is 12.8. The molecule has 1 heterocycles. The second-order valence-corrected chi connectivity index (χ2v) is 7.35. The molecule has 0 aliphatic rings. The molecule has 1 aromatic carbocycles. The molecule has 1 amide bonds. The van der Waals surface area contributed by atoms with Gasteiger partial charge in [0, 0.05) is 31.1 Å². The van der Waals surface area contributed by atoms with Gasteiger partial charge >= 0.3 is 0 Å². The number of hydrogen-bond donors (Lipinski definition) is 3. The third-order valence-corrected chi connectivity index (χ3v) is 3.91. The topological polar surface area (TPSA) is 91.5 Å². The number of amides is 1. The first-order valence-electron chi connectivity index (χ1n) is 9.04. The summed E-state index contributed by atoms with van der Waals surface area (Å²) in [6.45, 7) is 9.68. The zero-order valence-electron chi connectivity index (χ0n) is 16.7. The number of nitrogens with one attached hydrogen (secondary N) is 3. The summed E-state index contributed by atoms with van der Waals surface area (Å²) in [5.41, 5.74) is 1.66. The SMILES string of the molecule is CN=C(NCCNC(=O)c1cccc(C)c1)NCc1ncc(C(C)(C)C)o1. The summed E-state index contributed by atoms with van der Waals surface area (Å²) >= 11 is 0. The van der Waals surface area contributed by atoms with Crippen LogP contribution in [0.1, 0.15) is 48.3 Å². The Kier molecular flexibility index (Phi) is 6.98. The van der Waals surface area contributed by atoms with Crippen molar-refractivity contribution in [1.29, 1.82) is 0 Å². The van der Waals surface area contributed by atoms with E-state index in [9.17, 15) is 4.79 Å². The largest absolute Gasteiger partial charge is 0.443 e. The van der Waals surface area contributed by atoms with Gasteiger partial charge in [0.2, 0.25) is 5.89 Å². The number of aliphatic imine (C=N–C) groups is 1. The molecule has 7 heteroatoms. The standard InChI is InChI=1S/C20H29N5O2/c1-14-7-6-8-15(11-14)18(26)22-9-10-23-19(21-5)25-13-17-24-12-16(27-17)20(2,3)4/h6-8,11-12H,9-10,13H2,1-5H3,(H,22,26)(H2,21,23,25). The van der Waals surface area contributed by atoms with Crippen LogP contribution >= 0.6 is 0 Å². The maximum Gasteiger partial charge on any atom is 0.251 e. The number of carbonyl (C=O) groups is 1. The Morgan fingerprint density at radius 3 is 2.56 bits per heavy atom. The summed E-state index contributed by atoms with van der Waals surface area (Å²) < 4.78 is 5.75. The molecule has 0 unspecified atom stereocenters. The predicted molar refractivity (Wildman–Crippen MR) is 107 cm³/mol. The number of benzene rings is 1. The van der Waals surface area contributed by atoms with E-state index in [1.165, 1.54) is 0 Å². The van der Waals surface area contributed by atoms with Crippen molar-refractivity contribution in [3.63, 3.8) is 0 Å². The molecule has 0 saturated heterocycles. The van der Waals surface area contributed by atoms with Crippen molar-refractivity contribution in [2.45, 2.75) is 39.7 Å². The van der Waals surface area contributed by atoms with E-state index in [4.69, 9.17) is 4.42 Å². The van der Waals surface area contributed by atoms with Gasteiger partial charge in [0.05, 0.1) is 12.7 Å². The number of oxazole rings is 1. The van der Waals surface area contributed by atoms with Crippen LogP contribution in [-0.2, 0) is 12.0 Å². The fraction of sp³-hybridized carbons (Fsp3) is 0.450. The molecule has 0 atom stereocenters. The van der Waals surface area contributed by atoms with Crippen molar-refractivity contribution in [3.8, 4) is 0 Å². The van der Waals surface area contributed by atoms with Crippen LogP contribution in [0.3, 0.4) is 0 Å². The number of carbonyl (C=O) groups excluding carboxylic acids is 1. The third-order valence-electron chi connectivity index (χ3n) is 3.91. The molecule has 3 N–H and O–H groups in total. The van der Waals surface area contributed by atoms with Gasteiger partial charge in [-0.15, -0.1) is 0 Å². The average molecular weight is 371 g/mol. The van der Waals surface area contributed by atoms with E-state index >= 15 is 0 Å². The van der Waals surface area contributed by atoms with E-state index in [0.717, 1.165) is 11.3 Å². The molecule has 0 radical (unpaired) electrons. The maximum absolute atomic E-state index is 12.1. The van der Waals surface area contributed by atoms with E-state index in [1.54, 1.807) is 19.3 Å². The molecule has 0 saturated carbocycles. The van der Waals surface area contributed by atoms with Crippen molar-refractivity contribution < 1.29 is 9.21 Å². The predicted octanol–water partition coefficient (Wildman–Crippen LogP) is 2.38. The second kappa shape index (κ2) is 9.21. The first kappa shape index (κ1) is 20.5. The van der Waals surface area contributed by atoms with Crippen LogP contribution in [-0.4, -0.2) is 37.0 Å². The molecular formula is C20H29N5O2. The van der Waals surface area contributed by atoms with Crippen molar-refractivity contribution in [2.75, 3.05) is 20.1 Å². The number of nitrogens with zero attached hydrogens (tertiary/aromatic N) is 2. The Bertz CT molecular complexity index is 790. The number of aromatic nitrogens is 1. The molecule has 2 aromatic rings. The highest BCUT2D eigenvalue weighted by molar-refractivity contribution is 5.94. The van der Waals surface area contributed by atoms with E-state index < -0.39 is 0 Å². The highest BCUT2D eigenvalue weighted by Gasteiger charge is 2.19. The number of hydrogen-bond acceptors (Lipinski definition) is 4. The first-order valence-corrected chi connectivity index (χ1v) is 9.04. The molecular weight excluding hydrogens is 342 g/mol. The highest BCUT2D eigenvalue weighted by atomic mass is 16.4. The van der Waals surface area contributed by atoms with Crippen LogP contribution in [0.2, 0.25) is 0 Å². The van der Waals surface area contributed by atoms with Crippen LogP contribution in [0.15, 0.2) is 39.9 Å². The van der Waals surface area contributed by atoms with E-state index in [-0.39, 0.29) is 11.3 Å². The molecule has 0 spiro atoms. The minimum absolute atomic E-state index is 0.0688. The van der Waals surface area contributed by atoms with Gasteiger partial charge in [0.15, 0.2) is 5.96 Å². The molecule has 1 aromatic heterocycles. The van der Waals surface area contributed by atoms with Gasteiger partial charge in [-0.1, -0.05) is 38.5 Å². The monoisotopic (exact) mass is 371 g/mol. The molecule has 146 valence electrons. The van der Waals surface area contributed by atoms with E-state index in [1.807, 2.05) is 25.1 Å². The Labute approximate surface area is 160 Å². The Hall–Kier alpha value is -2.83. The number of rotatable bonds is 6. The molecule has 27 heavy (non-hydrogen) atoms. The van der Waals surface area contributed by atoms with Crippen LogP contribution in [0.4, 0.5) is 0 Å². The lowest BCUT2D eigenvalue weighted by atomic mass is 9.94. The van der Waals surface area contributed by atoms with Gasteiger partial charge in [0.25, 0.3) is 5.91 Å². The zero-order valence-corrected chi connectivity index (χ0v) is 16.7. The van der Waals surface area contributed by atoms with Gasteiger partial charge in [-0.2, -0.15) is 0 Å². The lowest BCUT2D eigenvalue weighted by molar-refractivity contribution is 0.0954. The molecule has 7 nitrogen and oxygen atoms in total. The van der Waals surface area contributed by atoms with Crippen molar-refractivity contribution in [1.82, 2.24) is 20.9 Å². The van der Waals surface area contributed by atoms with Gasteiger partial charge < -0.3 is 20.4 Å². The van der Waals surface area contributed by atoms with Gasteiger partial charge in [-0.3, -0.25) is 9.79 Å². The average Bonchev–Trinajstić information content (AvgIpc) is 3.10. The molecule has 0 aliphatic heterocycles. The van der Waals surface area contributed by atoms with Crippen LogP contribution in [0.25, 0.3) is 0 Å². The van der Waals surface area contributed by atoms with Crippen molar-refractivity contribution in [3.05, 3.63) is 53.2 Å². The van der Waals surface area contributed by atoms with Crippen molar-refractivity contribution >= 4 is 11.9 Å². The summed E-state index contributed by atoms with van der Waals surface area (Å²) in [7, 11) is 1.69. The van der Waals surface area contributed by atoms with Gasteiger partial charge in [-0.25, -0.2) is 4.98 Å². The summed E-state index contributed by atoms with van der Waals surface area (Å²) in [6, 6.07) is 7.51. The number of guanidine groups is 1. The molecule has 0 aliphatic carbocycles. The van der Waals surface area contributed by atoms with Crippen LogP contribution < -0.4 is 16.0 Å². The van der Waals surface area contributed by atoms with E-state index in [2.05, 4.69) is 46.7 Å². The third kappa shape index (κ3) is 6.44. The summed E-state index contributed by atoms with van der Waals surface area (Å²) in [6.07, 6.45) is 1.76. The summed E-state index contributed by atoms with van der Waals surface area (Å²) in [5.74, 6) is 1.99. The van der Waals surface area contributed by atoms with Gasteiger partial charge in [0.1, 0.15) is 5.76 Å². The highest BCUT2D eigenvalue weighted by Crippen LogP contribution is 2.22. The molecule has 0 fully saturated rings. The quantitative estimate of drug-likeness (QED) is 0.412. The minimum Gasteiger partial charge on any atom is -0.443 e. The molecule has 0 bridgehead atoms. The Balaban J connectivity index is 1.73. The van der Waals surface area contributed by atoms with Crippen LogP contribution in [0.5, 0.6) is 0 Å². The summed E-state index contributed by atoms with van der Waals surface area (Å²) in [5, 5.41) is 9.18. The lowest BCUT2D eigenvalue weighted by Gasteiger charge is -2.13. The van der Waals surface area contributed by atoms with E-state index in [0.29, 0.717) is 37.0 Å². The normalized spacial score (nSPS) is 12.0. The van der Waals surface area contributed by atoms with Crippen molar-refractivity contribution in [2.24, 2.45) is 4.99 Å². The smallest absolute Gasteiger partial charge is 0.251 e. The summed E-state index contributed by atoms with van der Waals surface area (Å²) in [4.78, 5) is 20.5. The fourth-order valence-corrected chi connectivity index (χ4v) is 2.36. The fourth-order valence-electron chi connectivity index (χ4n) is 2.36. The maximum atomic E-state index is 12.1.